The van der Waals surface area contributed by atoms with Crippen LogP contribution in [-0.4, -0.2) is 48.0 Å². The molecule has 3 aliphatic rings. The SMILES string of the molecule is C=CC(=O)OCCN1C(=O)C2C3C=CC(O3)C2C1=O. The Morgan fingerprint density at radius 1 is 1.32 bits per heavy atom. The second-order valence-corrected chi connectivity index (χ2v) is 4.70. The van der Waals surface area contributed by atoms with Crippen molar-refractivity contribution < 1.29 is 23.9 Å². The Bertz CT molecular complexity index is 467. The zero-order valence-electron chi connectivity index (χ0n) is 10.2. The topological polar surface area (TPSA) is 72.9 Å². The lowest BCUT2D eigenvalue weighted by Crippen LogP contribution is -2.37. The lowest BCUT2D eigenvalue weighted by Gasteiger charge is -2.16. The Balaban J connectivity index is 1.66. The van der Waals surface area contributed by atoms with Crippen molar-refractivity contribution in [3.8, 4) is 0 Å². The fraction of sp³-hybridized carbons (Fsp3) is 0.462. The van der Waals surface area contributed by atoms with Crippen LogP contribution in [0.3, 0.4) is 0 Å². The fourth-order valence-electron chi connectivity index (χ4n) is 2.88. The summed E-state index contributed by atoms with van der Waals surface area (Å²) in [5.74, 6) is -1.84. The third-order valence-corrected chi connectivity index (χ3v) is 3.73. The predicted octanol–water partition coefficient (Wildman–Crippen LogP) is -0.346. The van der Waals surface area contributed by atoms with Crippen LogP contribution in [0.1, 0.15) is 0 Å². The van der Waals surface area contributed by atoms with Gasteiger partial charge in [-0.2, -0.15) is 0 Å². The molecule has 2 amide bonds. The molecule has 0 saturated carbocycles. The van der Waals surface area contributed by atoms with Gasteiger partial charge in [0.2, 0.25) is 11.8 Å². The summed E-state index contributed by atoms with van der Waals surface area (Å²) < 4.78 is 10.3. The van der Waals surface area contributed by atoms with Crippen LogP contribution in [0.2, 0.25) is 0 Å². The van der Waals surface area contributed by atoms with Crippen LogP contribution in [0.15, 0.2) is 24.8 Å². The van der Waals surface area contributed by atoms with Crippen molar-refractivity contribution in [2.45, 2.75) is 12.2 Å². The highest BCUT2D eigenvalue weighted by atomic mass is 16.5. The van der Waals surface area contributed by atoms with E-state index < -0.39 is 17.8 Å². The standard InChI is InChI=1S/C13H13NO5/c1-2-9(15)18-6-5-14-12(16)10-7-3-4-8(19-7)11(10)13(14)17/h2-4,7-8,10-11H,1,5-6H2. The number of esters is 1. The summed E-state index contributed by atoms with van der Waals surface area (Å²) in [4.78, 5) is 36.4. The number of amides is 2. The summed E-state index contributed by atoms with van der Waals surface area (Å²) in [6, 6.07) is 0. The van der Waals surface area contributed by atoms with E-state index >= 15 is 0 Å². The van der Waals surface area contributed by atoms with Gasteiger partial charge in [0.1, 0.15) is 6.61 Å². The maximum atomic E-state index is 12.2. The minimum atomic E-state index is -0.565. The van der Waals surface area contributed by atoms with Crippen molar-refractivity contribution in [3.63, 3.8) is 0 Å². The lowest BCUT2D eigenvalue weighted by atomic mass is 9.85. The van der Waals surface area contributed by atoms with Gasteiger partial charge < -0.3 is 9.47 Å². The number of rotatable bonds is 4. The van der Waals surface area contributed by atoms with Gasteiger partial charge in [-0.25, -0.2) is 4.79 Å². The Kier molecular flexibility index (Phi) is 2.74. The summed E-state index contributed by atoms with van der Waals surface area (Å²) in [7, 11) is 0. The summed E-state index contributed by atoms with van der Waals surface area (Å²) in [6.07, 6.45) is 4.14. The second-order valence-electron chi connectivity index (χ2n) is 4.70. The van der Waals surface area contributed by atoms with Crippen LogP contribution in [-0.2, 0) is 23.9 Å². The van der Waals surface area contributed by atoms with E-state index in [-0.39, 0.29) is 37.2 Å². The van der Waals surface area contributed by atoms with Crippen molar-refractivity contribution >= 4 is 17.8 Å². The van der Waals surface area contributed by atoms with E-state index in [1.54, 1.807) is 0 Å². The number of hydrogen-bond acceptors (Lipinski definition) is 5. The summed E-state index contributed by atoms with van der Waals surface area (Å²) in [5, 5.41) is 0. The number of likely N-dealkylation sites (tertiary alicyclic amines) is 1. The normalized spacial score (nSPS) is 34.8. The first-order valence-electron chi connectivity index (χ1n) is 6.11. The second kappa shape index (κ2) is 4.31. The molecule has 0 spiro atoms. The summed E-state index contributed by atoms with van der Waals surface area (Å²) in [6.45, 7) is 3.35. The molecule has 2 saturated heterocycles. The van der Waals surface area contributed by atoms with Crippen LogP contribution in [0.5, 0.6) is 0 Å². The van der Waals surface area contributed by atoms with Crippen molar-refractivity contribution in [3.05, 3.63) is 24.8 Å². The zero-order chi connectivity index (χ0) is 13.6. The van der Waals surface area contributed by atoms with Gasteiger partial charge in [0.05, 0.1) is 30.6 Å². The molecule has 100 valence electrons. The number of imide groups is 1. The highest BCUT2D eigenvalue weighted by molar-refractivity contribution is 6.06. The number of fused-ring (bicyclic) bond motifs is 5. The largest absolute Gasteiger partial charge is 0.461 e. The molecule has 0 aromatic rings. The third-order valence-electron chi connectivity index (χ3n) is 3.73. The molecule has 0 aliphatic carbocycles. The van der Waals surface area contributed by atoms with Gasteiger partial charge in [-0.05, 0) is 0 Å². The van der Waals surface area contributed by atoms with Crippen molar-refractivity contribution in [2.24, 2.45) is 11.8 Å². The first kappa shape index (κ1) is 12.1. The maximum absolute atomic E-state index is 12.2. The molecule has 3 aliphatic heterocycles. The number of nitrogens with zero attached hydrogens (tertiary/aromatic N) is 1. The van der Waals surface area contributed by atoms with E-state index in [1.807, 2.05) is 12.2 Å². The van der Waals surface area contributed by atoms with Crippen LogP contribution in [0, 0.1) is 11.8 Å². The van der Waals surface area contributed by atoms with E-state index in [0.29, 0.717) is 0 Å². The van der Waals surface area contributed by atoms with Crippen LogP contribution >= 0.6 is 0 Å². The number of ether oxygens (including phenoxy) is 2. The zero-order valence-corrected chi connectivity index (χ0v) is 10.2. The van der Waals surface area contributed by atoms with Gasteiger partial charge in [-0.3, -0.25) is 14.5 Å². The van der Waals surface area contributed by atoms with Gasteiger partial charge in [-0.1, -0.05) is 18.7 Å². The van der Waals surface area contributed by atoms with E-state index in [1.165, 1.54) is 4.90 Å². The lowest BCUT2D eigenvalue weighted by molar-refractivity contribution is -0.147. The first-order valence-corrected chi connectivity index (χ1v) is 6.11. The fourth-order valence-corrected chi connectivity index (χ4v) is 2.88. The van der Waals surface area contributed by atoms with Crippen LogP contribution < -0.4 is 0 Å². The van der Waals surface area contributed by atoms with Crippen molar-refractivity contribution in [1.82, 2.24) is 4.90 Å². The highest BCUT2D eigenvalue weighted by Crippen LogP contribution is 2.44. The average Bonchev–Trinajstić information content (AvgIpc) is 3.07. The molecule has 19 heavy (non-hydrogen) atoms. The Labute approximate surface area is 109 Å². The van der Waals surface area contributed by atoms with E-state index in [4.69, 9.17) is 9.47 Å². The molecule has 0 aromatic heterocycles. The third kappa shape index (κ3) is 1.71. The van der Waals surface area contributed by atoms with Gasteiger partial charge in [0, 0.05) is 6.08 Å². The molecule has 0 aromatic carbocycles. The van der Waals surface area contributed by atoms with E-state index in [0.717, 1.165) is 6.08 Å². The molecular formula is C13H13NO5. The molecule has 2 fully saturated rings. The number of carbonyl (C=O) groups excluding carboxylic acids is 3. The molecule has 0 N–H and O–H groups in total. The molecule has 6 heteroatoms. The minimum Gasteiger partial charge on any atom is -0.461 e. The molecule has 6 nitrogen and oxygen atoms in total. The predicted molar refractivity (Wildman–Crippen MR) is 62.7 cm³/mol. The smallest absolute Gasteiger partial charge is 0.330 e. The van der Waals surface area contributed by atoms with Crippen LogP contribution in [0.25, 0.3) is 0 Å². The highest BCUT2D eigenvalue weighted by Gasteiger charge is 2.60. The van der Waals surface area contributed by atoms with Gasteiger partial charge >= 0.3 is 5.97 Å². The van der Waals surface area contributed by atoms with E-state index in [2.05, 4.69) is 6.58 Å². The maximum Gasteiger partial charge on any atom is 0.330 e. The number of hydrogen-bond donors (Lipinski definition) is 0. The average molecular weight is 263 g/mol. The monoisotopic (exact) mass is 263 g/mol. The molecule has 2 bridgehead atoms. The van der Waals surface area contributed by atoms with E-state index in [9.17, 15) is 14.4 Å². The minimum absolute atomic E-state index is 0.00854. The first-order chi connectivity index (χ1) is 9.13. The molecular weight excluding hydrogens is 250 g/mol. The Morgan fingerprint density at radius 2 is 1.89 bits per heavy atom. The molecule has 3 rings (SSSR count). The van der Waals surface area contributed by atoms with Gasteiger partial charge in [-0.15, -0.1) is 0 Å². The van der Waals surface area contributed by atoms with Crippen molar-refractivity contribution in [2.75, 3.05) is 13.2 Å². The molecule has 4 atom stereocenters. The quantitative estimate of drug-likeness (QED) is 0.300. The Morgan fingerprint density at radius 3 is 2.42 bits per heavy atom. The molecule has 4 unspecified atom stereocenters. The summed E-state index contributed by atoms with van der Waals surface area (Å²) in [5.41, 5.74) is 0. The Hall–Kier alpha value is -1.95. The molecule has 3 heterocycles. The summed E-state index contributed by atoms with van der Waals surface area (Å²) >= 11 is 0. The number of carbonyl (C=O) groups is 3. The van der Waals surface area contributed by atoms with Crippen LogP contribution in [0.4, 0.5) is 0 Å². The van der Waals surface area contributed by atoms with Gasteiger partial charge in [0.25, 0.3) is 0 Å². The van der Waals surface area contributed by atoms with Gasteiger partial charge in [0.15, 0.2) is 0 Å². The molecule has 0 radical (unpaired) electrons. The van der Waals surface area contributed by atoms with Crippen molar-refractivity contribution in [1.29, 1.82) is 0 Å².